The predicted octanol–water partition coefficient (Wildman–Crippen LogP) is 3.79. The van der Waals surface area contributed by atoms with E-state index in [9.17, 15) is 4.79 Å². The summed E-state index contributed by atoms with van der Waals surface area (Å²) in [7, 11) is 3.10. The number of nitrogens with zero attached hydrogens (tertiary/aromatic N) is 2. The second kappa shape index (κ2) is 8.59. The van der Waals surface area contributed by atoms with Gasteiger partial charge in [0.1, 0.15) is 11.5 Å². The first-order valence-corrected chi connectivity index (χ1v) is 9.13. The number of methoxy groups -OCH3 is 2. The zero-order valence-electron chi connectivity index (χ0n) is 15.2. The van der Waals surface area contributed by atoms with Gasteiger partial charge in [-0.25, -0.2) is 0 Å². The molecule has 0 atom stereocenters. The minimum atomic E-state index is -0.209. The smallest absolute Gasteiger partial charge is 0.277 e. The maximum absolute atomic E-state index is 12.2. The van der Waals surface area contributed by atoms with E-state index >= 15 is 0 Å². The number of benzene rings is 2. The molecule has 1 N–H and O–H groups in total. The molecule has 0 fully saturated rings. The molecular formula is C19H19N3O4S. The Hall–Kier alpha value is -3.00. The van der Waals surface area contributed by atoms with Crippen LogP contribution in [0.5, 0.6) is 11.5 Å². The zero-order chi connectivity index (χ0) is 19.2. The van der Waals surface area contributed by atoms with Gasteiger partial charge in [0, 0.05) is 11.6 Å². The third-order valence-corrected chi connectivity index (χ3v) is 4.61. The number of rotatable bonds is 7. The summed E-state index contributed by atoms with van der Waals surface area (Å²) in [6.45, 7) is 1.97. The van der Waals surface area contributed by atoms with E-state index in [1.54, 1.807) is 25.3 Å². The van der Waals surface area contributed by atoms with Crippen LogP contribution in [-0.4, -0.2) is 36.1 Å². The van der Waals surface area contributed by atoms with E-state index in [1.807, 2.05) is 31.2 Å². The highest BCUT2D eigenvalue weighted by Crippen LogP contribution is 2.30. The molecule has 0 spiro atoms. The van der Waals surface area contributed by atoms with Crippen LogP contribution >= 0.6 is 11.8 Å². The van der Waals surface area contributed by atoms with Gasteiger partial charge >= 0.3 is 0 Å². The quantitative estimate of drug-likeness (QED) is 0.619. The molecule has 2 aromatic carbocycles. The molecule has 140 valence electrons. The normalized spacial score (nSPS) is 10.5. The first-order chi connectivity index (χ1) is 13.1. The van der Waals surface area contributed by atoms with E-state index in [-0.39, 0.29) is 11.7 Å². The van der Waals surface area contributed by atoms with Crippen molar-refractivity contribution in [1.82, 2.24) is 10.2 Å². The van der Waals surface area contributed by atoms with Crippen LogP contribution in [0.3, 0.4) is 0 Å². The number of aromatic nitrogens is 2. The van der Waals surface area contributed by atoms with E-state index < -0.39 is 0 Å². The zero-order valence-corrected chi connectivity index (χ0v) is 16.0. The number of carbonyl (C=O) groups excluding carboxylic acids is 1. The SMILES string of the molecule is COc1ccc(NC(=O)CSc2nnc(-c3ccccc3C)o2)c(OC)c1. The van der Waals surface area contributed by atoms with Gasteiger partial charge in [-0.15, -0.1) is 10.2 Å². The fourth-order valence-electron chi connectivity index (χ4n) is 2.41. The van der Waals surface area contributed by atoms with Gasteiger partial charge in [-0.05, 0) is 30.7 Å². The van der Waals surface area contributed by atoms with Crippen LogP contribution in [0.1, 0.15) is 5.56 Å². The third kappa shape index (κ3) is 4.59. The molecule has 0 radical (unpaired) electrons. The van der Waals surface area contributed by atoms with Gasteiger partial charge < -0.3 is 19.2 Å². The van der Waals surface area contributed by atoms with Gasteiger partial charge in [-0.1, -0.05) is 30.0 Å². The Morgan fingerprint density at radius 3 is 2.70 bits per heavy atom. The van der Waals surface area contributed by atoms with Gasteiger partial charge in [-0.2, -0.15) is 0 Å². The highest BCUT2D eigenvalue weighted by Gasteiger charge is 2.14. The van der Waals surface area contributed by atoms with Gasteiger partial charge in [0.15, 0.2) is 0 Å². The topological polar surface area (TPSA) is 86.5 Å². The van der Waals surface area contributed by atoms with Gasteiger partial charge in [0.25, 0.3) is 5.22 Å². The Labute approximate surface area is 161 Å². The lowest BCUT2D eigenvalue weighted by molar-refractivity contribution is -0.113. The van der Waals surface area contributed by atoms with Crippen molar-refractivity contribution in [3.8, 4) is 23.0 Å². The lowest BCUT2D eigenvalue weighted by Crippen LogP contribution is -2.14. The fraction of sp³-hybridized carbons (Fsp3) is 0.211. The monoisotopic (exact) mass is 385 g/mol. The Morgan fingerprint density at radius 1 is 1.15 bits per heavy atom. The molecule has 0 saturated carbocycles. The Morgan fingerprint density at radius 2 is 1.96 bits per heavy atom. The summed E-state index contributed by atoms with van der Waals surface area (Å²) in [5.74, 6) is 1.53. The summed E-state index contributed by atoms with van der Waals surface area (Å²) in [5.41, 5.74) is 2.49. The summed E-state index contributed by atoms with van der Waals surface area (Å²) in [5, 5.41) is 11.2. The summed E-state index contributed by atoms with van der Waals surface area (Å²) in [4.78, 5) is 12.2. The molecule has 27 heavy (non-hydrogen) atoms. The van der Waals surface area contributed by atoms with Crippen molar-refractivity contribution in [3.05, 3.63) is 48.0 Å². The van der Waals surface area contributed by atoms with Crippen molar-refractivity contribution in [2.75, 3.05) is 25.3 Å². The second-order valence-corrected chi connectivity index (χ2v) is 6.52. The van der Waals surface area contributed by atoms with E-state index in [2.05, 4.69) is 15.5 Å². The summed E-state index contributed by atoms with van der Waals surface area (Å²) < 4.78 is 16.1. The number of nitrogens with one attached hydrogen (secondary N) is 1. The molecule has 0 bridgehead atoms. The van der Waals surface area contributed by atoms with Crippen LogP contribution in [-0.2, 0) is 4.79 Å². The molecule has 0 aliphatic heterocycles. The summed E-state index contributed by atoms with van der Waals surface area (Å²) in [6, 6.07) is 12.9. The molecule has 3 rings (SSSR count). The highest BCUT2D eigenvalue weighted by molar-refractivity contribution is 7.99. The highest BCUT2D eigenvalue weighted by atomic mass is 32.2. The predicted molar refractivity (Wildman–Crippen MR) is 103 cm³/mol. The van der Waals surface area contributed by atoms with Crippen molar-refractivity contribution in [1.29, 1.82) is 0 Å². The molecule has 0 saturated heterocycles. The van der Waals surface area contributed by atoms with Crippen molar-refractivity contribution in [2.45, 2.75) is 12.1 Å². The number of anilines is 1. The van der Waals surface area contributed by atoms with Crippen molar-refractivity contribution in [2.24, 2.45) is 0 Å². The average molecular weight is 385 g/mol. The maximum Gasteiger partial charge on any atom is 0.277 e. The van der Waals surface area contributed by atoms with E-state index in [1.165, 1.54) is 18.9 Å². The number of ether oxygens (including phenoxy) is 2. The van der Waals surface area contributed by atoms with Crippen LogP contribution in [0.15, 0.2) is 52.1 Å². The minimum Gasteiger partial charge on any atom is -0.497 e. The van der Waals surface area contributed by atoms with Gasteiger partial charge in [-0.3, -0.25) is 4.79 Å². The van der Waals surface area contributed by atoms with Crippen LogP contribution in [0, 0.1) is 6.92 Å². The minimum absolute atomic E-state index is 0.130. The third-order valence-electron chi connectivity index (χ3n) is 3.79. The first-order valence-electron chi connectivity index (χ1n) is 8.15. The summed E-state index contributed by atoms with van der Waals surface area (Å²) >= 11 is 1.17. The molecule has 7 nitrogen and oxygen atoms in total. The molecule has 1 amide bonds. The number of carbonyl (C=O) groups is 1. The largest absolute Gasteiger partial charge is 0.497 e. The molecule has 0 aliphatic carbocycles. The first kappa shape index (κ1) is 18.8. The number of hydrogen-bond donors (Lipinski definition) is 1. The molecule has 0 unspecified atom stereocenters. The fourth-order valence-corrected chi connectivity index (χ4v) is 2.97. The van der Waals surface area contributed by atoms with Gasteiger partial charge in [0.05, 0.1) is 25.7 Å². The molecule has 8 heteroatoms. The molecule has 0 aliphatic rings. The Bertz CT molecular complexity index is 942. The standard InChI is InChI=1S/C19H19N3O4S/c1-12-6-4-5-7-14(12)18-21-22-19(26-18)27-11-17(23)20-15-9-8-13(24-2)10-16(15)25-3/h4-10H,11H2,1-3H3,(H,20,23). The van der Waals surface area contributed by atoms with Crippen molar-refractivity contribution < 1.29 is 18.7 Å². The average Bonchev–Trinajstić information content (AvgIpc) is 3.16. The Balaban J connectivity index is 1.61. The number of aryl methyl sites for hydroxylation is 1. The molecule has 1 aromatic heterocycles. The number of thioether (sulfide) groups is 1. The lowest BCUT2D eigenvalue weighted by Gasteiger charge is -2.11. The van der Waals surface area contributed by atoms with Gasteiger partial charge in [0.2, 0.25) is 11.8 Å². The number of hydrogen-bond acceptors (Lipinski definition) is 7. The van der Waals surface area contributed by atoms with Crippen molar-refractivity contribution >= 4 is 23.4 Å². The van der Waals surface area contributed by atoms with E-state index in [0.717, 1.165) is 11.1 Å². The van der Waals surface area contributed by atoms with Crippen molar-refractivity contribution in [3.63, 3.8) is 0 Å². The van der Waals surface area contributed by atoms with E-state index in [0.29, 0.717) is 28.3 Å². The molecule has 1 heterocycles. The van der Waals surface area contributed by atoms with Crippen LogP contribution in [0.25, 0.3) is 11.5 Å². The number of amides is 1. The van der Waals surface area contributed by atoms with Crippen LogP contribution in [0.2, 0.25) is 0 Å². The van der Waals surface area contributed by atoms with Crippen LogP contribution < -0.4 is 14.8 Å². The molecular weight excluding hydrogens is 366 g/mol. The van der Waals surface area contributed by atoms with Crippen LogP contribution in [0.4, 0.5) is 5.69 Å². The second-order valence-electron chi connectivity index (χ2n) is 5.59. The maximum atomic E-state index is 12.2. The Kier molecular flexibility index (Phi) is 5.97. The molecule has 3 aromatic rings. The lowest BCUT2D eigenvalue weighted by atomic mass is 10.1. The summed E-state index contributed by atoms with van der Waals surface area (Å²) in [6.07, 6.45) is 0. The van der Waals surface area contributed by atoms with E-state index in [4.69, 9.17) is 13.9 Å².